The Balaban J connectivity index is 1.09. The summed E-state index contributed by atoms with van der Waals surface area (Å²) < 4.78 is 13.1. The van der Waals surface area contributed by atoms with Crippen LogP contribution >= 0.6 is 0 Å². The lowest BCUT2D eigenvalue weighted by Crippen LogP contribution is -2.24. The second-order valence-corrected chi connectivity index (χ2v) is 15.1. The highest BCUT2D eigenvalue weighted by atomic mass is 16.4. The molecule has 2 aromatic heterocycles. The molecular weight excluding hydrogens is 625 g/mol. The van der Waals surface area contributed by atoms with E-state index < -0.39 is 0 Å². The van der Waals surface area contributed by atoms with Crippen LogP contribution in [-0.2, 0) is 10.8 Å². The van der Waals surface area contributed by atoms with E-state index in [-0.39, 0.29) is 10.8 Å². The minimum Gasteiger partial charge on any atom is -0.436 e. The first-order valence-corrected chi connectivity index (χ1v) is 19.2. The predicted molar refractivity (Wildman–Crippen MR) is 209 cm³/mol. The monoisotopic (exact) mass is 670 g/mol. The molecule has 0 fully saturated rings. The molecule has 51 heavy (non-hydrogen) atoms. The molecule has 0 saturated carbocycles. The molecule has 2 heterocycles. The average molecular weight is 671 g/mol. The summed E-state index contributed by atoms with van der Waals surface area (Å²) >= 11 is 0. The lowest BCUT2D eigenvalue weighted by Gasteiger charge is -2.31. The summed E-state index contributed by atoms with van der Waals surface area (Å²) in [6.07, 6.45) is 9.04. The molecule has 2 aliphatic carbocycles. The van der Waals surface area contributed by atoms with Gasteiger partial charge < -0.3 is 8.83 Å². The maximum atomic E-state index is 6.59. The van der Waals surface area contributed by atoms with Crippen LogP contribution in [0.25, 0.3) is 67.4 Å². The largest absolute Gasteiger partial charge is 0.436 e. The first kappa shape index (κ1) is 32.0. The molecule has 4 heteroatoms. The quantitative estimate of drug-likeness (QED) is 0.145. The molecular formula is C47H46N2O2. The topological polar surface area (TPSA) is 52.1 Å². The van der Waals surface area contributed by atoms with E-state index in [0.29, 0.717) is 11.8 Å². The van der Waals surface area contributed by atoms with Crippen LogP contribution in [0.5, 0.6) is 0 Å². The van der Waals surface area contributed by atoms with Crippen molar-refractivity contribution < 1.29 is 8.83 Å². The Morgan fingerprint density at radius 2 is 0.941 bits per heavy atom. The zero-order chi connectivity index (χ0) is 34.9. The Morgan fingerprint density at radius 1 is 0.471 bits per heavy atom. The van der Waals surface area contributed by atoms with E-state index in [0.717, 1.165) is 90.3 Å². The Morgan fingerprint density at radius 3 is 1.43 bits per heavy atom. The molecule has 0 bridgehead atoms. The van der Waals surface area contributed by atoms with Crippen LogP contribution in [0.1, 0.15) is 107 Å². The highest BCUT2D eigenvalue weighted by Gasteiger charge is 2.43. The maximum Gasteiger partial charge on any atom is 0.227 e. The normalized spacial score (nSPS) is 14.9. The fraction of sp³-hybridized carbons (Fsp3) is 0.319. The standard InChI is InChI=1S/C47H46N2O2/c1-6-20-46(21-7-2)36-16-12-10-14-32(36)34-25-40-42(27-38(34)46)50-44(48-40)30-18-19-31(29(5)24-30)45-49-41-26-35-33-15-11-13-17-37(33)47(22-8-3,23-9-4)39(35)28-43(41)51-45/h10-19,24-28H,6-9,20-23H2,1-5H3. The molecule has 0 spiro atoms. The lowest BCUT2D eigenvalue weighted by atomic mass is 9.71. The second kappa shape index (κ2) is 12.1. The van der Waals surface area contributed by atoms with E-state index in [1.807, 2.05) is 0 Å². The molecule has 2 aliphatic rings. The zero-order valence-electron chi connectivity index (χ0n) is 30.5. The van der Waals surface area contributed by atoms with Crippen LogP contribution in [0.15, 0.2) is 99.8 Å². The Labute approximate surface area is 301 Å². The highest BCUT2D eigenvalue weighted by Crippen LogP contribution is 2.56. The molecule has 0 N–H and O–H groups in total. The van der Waals surface area contributed by atoms with Gasteiger partial charge in [0.15, 0.2) is 11.2 Å². The molecule has 0 unspecified atom stereocenters. The van der Waals surface area contributed by atoms with E-state index in [4.69, 9.17) is 18.8 Å². The third-order valence-corrected chi connectivity index (χ3v) is 12.0. The van der Waals surface area contributed by atoms with Gasteiger partial charge in [0.2, 0.25) is 11.8 Å². The summed E-state index contributed by atoms with van der Waals surface area (Å²) in [6, 6.07) is 33.4. The van der Waals surface area contributed by atoms with Crippen LogP contribution in [0.2, 0.25) is 0 Å². The summed E-state index contributed by atoms with van der Waals surface area (Å²) in [5.41, 5.74) is 17.6. The van der Waals surface area contributed by atoms with Gasteiger partial charge in [0.05, 0.1) is 0 Å². The van der Waals surface area contributed by atoms with Crippen molar-refractivity contribution in [3.8, 4) is 45.2 Å². The lowest BCUT2D eigenvalue weighted by molar-refractivity contribution is 0.435. The van der Waals surface area contributed by atoms with Gasteiger partial charge in [-0.05, 0) is 125 Å². The summed E-state index contributed by atoms with van der Waals surface area (Å²) in [6.45, 7) is 11.3. The van der Waals surface area contributed by atoms with Crippen molar-refractivity contribution in [2.75, 3.05) is 0 Å². The van der Waals surface area contributed by atoms with Crippen LogP contribution in [0.4, 0.5) is 0 Å². The van der Waals surface area contributed by atoms with Crippen LogP contribution in [0.3, 0.4) is 0 Å². The van der Waals surface area contributed by atoms with E-state index in [2.05, 4.69) is 126 Å². The van der Waals surface area contributed by atoms with E-state index in [9.17, 15) is 0 Å². The van der Waals surface area contributed by atoms with Gasteiger partial charge in [0, 0.05) is 22.0 Å². The molecule has 9 rings (SSSR count). The number of hydrogen-bond donors (Lipinski definition) is 0. The number of rotatable bonds is 10. The summed E-state index contributed by atoms with van der Waals surface area (Å²) in [7, 11) is 0. The molecule has 7 aromatic rings. The van der Waals surface area contributed by atoms with Gasteiger partial charge in [-0.15, -0.1) is 0 Å². The fourth-order valence-electron chi connectivity index (χ4n) is 10.1. The molecule has 0 saturated heterocycles. The minimum atomic E-state index is 0.0186. The maximum absolute atomic E-state index is 6.59. The second-order valence-electron chi connectivity index (χ2n) is 15.1. The smallest absolute Gasteiger partial charge is 0.227 e. The minimum absolute atomic E-state index is 0.0186. The number of hydrogen-bond acceptors (Lipinski definition) is 4. The Kier molecular flexibility index (Phi) is 7.57. The predicted octanol–water partition coefficient (Wildman–Crippen LogP) is 13.3. The third-order valence-electron chi connectivity index (χ3n) is 12.0. The molecule has 0 radical (unpaired) electrons. The van der Waals surface area contributed by atoms with Gasteiger partial charge in [0.25, 0.3) is 0 Å². The van der Waals surface area contributed by atoms with Crippen molar-refractivity contribution in [1.82, 2.24) is 9.97 Å². The van der Waals surface area contributed by atoms with Gasteiger partial charge in [-0.1, -0.05) is 102 Å². The average Bonchev–Trinajstić information content (AvgIpc) is 3.88. The van der Waals surface area contributed by atoms with Crippen molar-refractivity contribution in [2.45, 2.75) is 96.8 Å². The third kappa shape index (κ3) is 4.64. The number of fused-ring (bicyclic) bond motifs is 8. The number of nitrogens with zero attached hydrogens (tertiary/aromatic N) is 2. The SMILES string of the molecule is CCCC1(CCC)c2ccccc2-c2cc3nc(-c4ccc(-c5nc6cc7c(cc6o5)C(CCC)(CCC)c5ccccc5-7)c(C)c4)oc3cc21. The Bertz CT molecular complexity index is 2450. The van der Waals surface area contributed by atoms with Crippen molar-refractivity contribution in [2.24, 2.45) is 0 Å². The number of aryl methyl sites for hydroxylation is 1. The van der Waals surface area contributed by atoms with Gasteiger partial charge in [0.1, 0.15) is 11.0 Å². The molecule has 0 aliphatic heterocycles. The van der Waals surface area contributed by atoms with Gasteiger partial charge in [-0.25, -0.2) is 9.97 Å². The molecule has 256 valence electrons. The first-order chi connectivity index (χ1) is 24.9. The van der Waals surface area contributed by atoms with Gasteiger partial charge >= 0.3 is 0 Å². The fourth-order valence-corrected chi connectivity index (χ4v) is 10.1. The molecule has 5 aromatic carbocycles. The van der Waals surface area contributed by atoms with E-state index >= 15 is 0 Å². The van der Waals surface area contributed by atoms with Crippen LogP contribution < -0.4 is 0 Å². The van der Waals surface area contributed by atoms with Crippen molar-refractivity contribution in [3.05, 3.63) is 119 Å². The Hall–Kier alpha value is -4.96. The molecule has 0 amide bonds. The highest BCUT2D eigenvalue weighted by molar-refractivity contribution is 5.92. The van der Waals surface area contributed by atoms with E-state index in [1.165, 1.54) is 44.5 Å². The summed E-state index contributed by atoms with van der Waals surface area (Å²) in [5, 5.41) is 0. The zero-order valence-corrected chi connectivity index (χ0v) is 30.5. The molecule has 0 atom stereocenters. The van der Waals surface area contributed by atoms with Crippen LogP contribution in [0, 0.1) is 6.92 Å². The number of aromatic nitrogens is 2. The van der Waals surface area contributed by atoms with Crippen LogP contribution in [-0.4, -0.2) is 9.97 Å². The van der Waals surface area contributed by atoms with Crippen molar-refractivity contribution in [3.63, 3.8) is 0 Å². The number of oxazole rings is 2. The first-order valence-electron chi connectivity index (χ1n) is 19.2. The summed E-state index contributed by atoms with van der Waals surface area (Å²) in [5.74, 6) is 1.29. The summed E-state index contributed by atoms with van der Waals surface area (Å²) in [4.78, 5) is 10.1. The van der Waals surface area contributed by atoms with Crippen molar-refractivity contribution >= 4 is 22.2 Å². The van der Waals surface area contributed by atoms with Gasteiger partial charge in [-0.2, -0.15) is 0 Å². The molecule has 4 nitrogen and oxygen atoms in total. The van der Waals surface area contributed by atoms with Gasteiger partial charge in [-0.3, -0.25) is 0 Å². The van der Waals surface area contributed by atoms with Crippen molar-refractivity contribution in [1.29, 1.82) is 0 Å². The number of benzene rings is 5. The van der Waals surface area contributed by atoms with E-state index in [1.54, 1.807) is 0 Å².